The topological polar surface area (TPSA) is 62.1 Å². The molecule has 0 aromatic carbocycles. The summed E-state index contributed by atoms with van der Waals surface area (Å²) in [5.74, 6) is 1.30. The Morgan fingerprint density at radius 1 is 1.45 bits per heavy atom. The van der Waals surface area contributed by atoms with Crippen LogP contribution in [0.3, 0.4) is 0 Å². The van der Waals surface area contributed by atoms with Crippen molar-refractivity contribution in [1.29, 1.82) is 5.26 Å². The molecule has 0 saturated heterocycles. The predicted molar refractivity (Wildman–Crippen MR) is 89.2 cm³/mol. The van der Waals surface area contributed by atoms with E-state index in [-0.39, 0.29) is 0 Å². The number of amides is 1. The molecule has 1 heterocycles. The fraction of sp³-hybridized carbons (Fsp3) is 0.647. The number of nitriles is 1. The lowest BCUT2D eigenvalue weighted by Gasteiger charge is -2.25. The van der Waals surface area contributed by atoms with Gasteiger partial charge in [-0.05, 0) is 57.4 Å². The first-order valence-electron chi connectivity index (χ1n) is 7.76. The Hall–Kier alpha value is -1.54. The molecule has 1 unspecified atom stereocenters. The number of nitrogens with zero attached hydrogens (tertiary/aromatic N) is 1. The van der Waals surface area contributed by atoms with Crippen molar-refractivity contribution >= 4 is 22.4 Å². The number of hydrogen-bond acceptors (Lipinski definition) is 4. The smallest absolute Gasteiger partial charge is 0.412 e. The quantitative estimate of drug-likeness (QED) is 0.857. The summed E-state index contributed by atoms with van der Waals surface area (Å²) >= 11 is 1.53. The maximum atomic E-state index is 11.9. The first-order chi connectivity index (χ1) is 10.2. The number of fused-ring (bicyclic) bond motifs is 1. The Morgan fingerprint density at radius 2 is 2.14 bits per heavy atom. The van der Waals surface area contributed by atoms with Crippen LogP contribution in [0.25, 0.3) is 0 Å². The molecule has 1 amide bonds. The number of thiophene rings is 1. The Bertz CT molecular complexity index is 605. The molecule has 1 aliphatic carbocycles. The van der Waals surface area contributed by atoms with Gasteiger partial charge in [-0.15, -0.1) is 11.3 Å². The summed E-state index contributed by atoms with van der Waals surface area (Å²) in [5, 5.41) is 12.8. The van der Waals surface area contributed by atoms with Crippen molar-refractivity contribution in [3.05, 3.63) is 16.0 Å². The van der Waals surface area contributed by atoms with Crippen molar-refractivity contribution in [1.82, 2.24) is 0 Å². The van der Waals surface area contributed by atoms with Gasteiger partial charge in [0, 0.05) is 4.88 Å². The number of anilines is 1. The van der Waals surface area contributed by atoms with Gasteiger partial charge in [0.25, 0.3) is 0 Å². The van der Waals surface area contributed by atoms with Gasteiger partial charge < -0.3 is 4.74 Å². The summed E-state index contributed by atoms with van der Waals surface area (Å²) in [4.78, 5) is 13.2. The Labute approximate surface area is 136 Å². The minimum atomic E-state index is -0.545. The van der Waals surface area contributed by atoms with Crippen LogP contribution >= 0.6 is 11.3 Å². The number of carbonyl (C=O) groups is 1. The van der Waals surface area contributed by atoms with Gasteiger partial charge >= 0.3 is 6.09 Å². The third-order valence-electron chi connectivity index (χ3n) is 3.97. The van der Waals surface area contributed by atoms with E-state index in [0.717, 1.165) is 24.8 Å². The van der Waals surface area contributed by atoms with E-state index in [4.69, 9.17) is 4.74 Å². The number of carbonyl (C=O) groups excluding carboxylic acids is 1. The summed E-state index contributed by atoms with van der Waals surface area (Å²) in [6.45, 7) is 9.96. The number of ether oxygens (including phenoxy) is 1. The van der Waals surface area contributed by atoms with Gasteiger partial charge in [0.15, 0.2) is 0 Å². The van der Waals surface area contributed by atoms with Crippen LogP contribution in [0.2, 0.25) is 0 Å². The molecule has 0 fully saturated rings. The van der Waals surface area contributed by atoms with Crippen molar-refractivity contribution in [2.75, 3.05) is 5.32 Å². The minimum Gasteiger partial charge on any atom is -0.444 e. The zero-order valence-corrected chi connectivity index (χ0v) is 14.8. The first-order valence-corrected chi connectivity index (χ1v) is 8.57. The molecule has 5 heteroatoms. The second-order valence-electron chi connectivity index (χ2n) is 7.19. The van der Waals surface area contributed by atoms with Gasteiger partial charge in [0.1, 0.15) is 16.7 Å². The molecule has 0 bridgehead atoms. The molecule has 0 saturated carbocycles. The number of rotatable bonds is 2. The van der Waals surface area contributed by atoms with Crippen molar-refractivity contribution in [3.8, 4) is 6.07 Å². The Kier molecular flexibility index (Phi) is 4.81. The summed E-state index contributed by atoms with van der Waals surface area (Å²) in [6.07, 6.45) is 2.54. The van der Waals surface area contributed by atoms with Crippen molar-refractivity contribution in [3.63, 3.8) is 0 Å². The van der Waals surface area contributed by atoms with Crippen LogP contribution in [0.15, 0.2) is 0 Å². The van der Waals surface area contributed by atoms with E-state index >= 15 is 0 Å². The Balaban J connectivity index is 2.21. The van der Waals surface area contributed by atoms with Crippen LogP contribution in [0.5, 0.6) is 0 Å². The van der Waals surface area contributed by atoms with E-state index < -0.39 is 11.7 Å². The highest BCUT2D eigenvalue weighted by atomic mass is 32.1. The molecule has 1 N–H and O–H groups in total. The van der Waals surface area contributed by atoms with Gasteiger partial charge in [-0.1, -0.05) is 13.8 Å². The van der Waals surface area contributed by atoms with E-state index in [0.29, 0.717) is 22.4 Å². The van der Waals surface area contributed by atoms with Gasteiger partial charge in [-0.25, -0.2) is 4.79 Å². The van der Waals surface area contributed by atoms with Gasteiger partial charge in [-0.3, -0.25) is 5.32 Å². The number of hydrogen-bond donors (Lipinski definition) is 1. The second-order valence-corrected chi connectivity index (χ2v) is 8.30. The molecular weight excluding hydrogens is 296 g/mol. The van der Waals surface area contributed by atoms with Gasteiger partial charge in [0.05, 0.1) is 5.56 Å². The van der Waals surface area contributed by atoms with E-state index in [1.807, 2.05) is 20.8 Å². The molecule has 0 aliphatic heterocycles. The zero-order valence-electron chi connectivity index (χ0n) is 13.9. The predicted octanol–water partition coefficient (Wildman–Crippen LogP) is 4.73. The van der Waals surface area contributed by atoms with Crippen LogP contribution in [0, 0.1) is 23.2 Å². The normalized spacial score (nSPS) is 17.8. The molecular formula is C17H24N2O2S. The Morgan fingerprint density at radius 3 is 2.68 bits per heavy atom. The summed E-state index contributed by atoms with van der Waals surface area (Å²) in [7, 11) is 0. The molecule has 4 nitrogen and oxygen atoms in total. The van der Waals surface area contributed by atoms with Gasteiger partial charge in [0.2, 0.25) is 0 Å². The second kappa shape index (κ2) is 6.29. The molecule has 22 heavy (non-hydrogen) atoms. The van der Waals surface area contributed by atoms with Crippen molar-refractivity contribution in [2.24, 2.45) is 11.8 Å². The van der Waals surface area contributed by atoms with Gasteiger partial charge in [-0.2, -0.15) is 5.26 Å². The van der Waals surface area contributed by atoms with E-state index in [1.165, 1.54) is 16.2 Å². The van der Waals surface area contributed by atoms with Crippen molar-refractivity contribution < 1.29 is 9.53 Å². The summed E-state index contributed by atoms with van der Waals surface area (Å²) < 4.78 is 5.28. The average molecular weight is 320 g/mol. The lowest BCUT2D eigenvalue weighted by Crippen LogP contribution is -2.27. The lowest BCUT2D eigenvalue weighted by atomic mass is 9.81. The van der Waals surface area contributed by atoms with Crippen LogP contribution in [-0.2, 0) is 17.6 Å². The fourth-order valence-electron chi connectivity index (χ4n) is 2.78. The zero-order chi connectivity index (χ0) is 16.5. The monoisotopic (exact) mass is 320 g/mol. The van der Waals surface area contributed by atoms with Crippen LogP contribution in [0.1, 0.15) is 57.0 Å². The molecule has 1 aromatic rings. The minimum absolute atomic E-state index is 0.497. The highest BCUT2D eigenvalue weighted by Gasteiger charge is 2.28. The third kappa shape index (κ3) is 3.80. The summed E-state index contributed by atoms with van der Waals surface area (Å²) in [5.41, 5.74) is 1.19. The maximum absolute atomic E-state index is 11.9. The molecule has 0 radical (unpaired) electrons. The molecule has 1 aromatic heterocycles. The van der Waals surface area contributed by atoms with E-state index in [1.54, 1.807) is 0 Å². The van der Waals surface area contributed by atoms with Crippen LogP contribution < -0.4 is 5.32 Å². The first kappa shape index (κ1) is 16.8. The highest BCUT2D eigenvalue weighted by Crippen LogP contribution is 2.41. The SMILES string of the molecule is CC(C)C1CCc2c(sc(NC(=O)OC(C)(C)C)c2C#N)C1. The summed E-state index contributed by atoms with van der Waals surface area (Å²) in [6, 6.07) is 2.26. The molecule has 2 rings (SSSR count). The highest BCUT2D eigenvalue weighted by molar-refractivity contribution is 7.16. The molecule has 1 aliphatic rings. The van der Waals surface area contributed by atoms with Crippen molar-refractivity contribution in [2.45, 2.75) is 59.5 Å². The number of nitrogens with one attached hydrogen (secondary N) is 1. The lowest BCUT2D eigenvalue weighted by molar-refractivity contribution is 0.0636. The maximum Gasteiger partial charge on any atom is 0.412 e. The van der Waals surface area contributed by atoms with E-state index in [2.05, 4.69) is 25.2 Å². The molecule has 1 atom stereocenters. The average Bonchev–Trinajstić information content (AvgIpc) is 2.71. The fourth-order valence-corrected chi connectivity index (χ4v) is 4.06. The molecule has 120 valence electrons. The third-order valence-corrected chi connectivity index (χ3v) is 5.14. The molecule has 0 spiro atoms. The van der Waals surface area contributed by atoms with Crippen LogP contribution in [0.4, 0.5) is 9.80 Å². The standard InChI is InChI=1S/C17H24N2O2S/c1-10(2)11-6-7-12-13(9-18)15(22-14(12)8-11)19-16(20)21-17(3,4)5/h10-11H,6-8H2,1-5H3,(H,19,20). The van der Waals surface area contributed by atoms with Crippen LogP contribution in [-0.4, -0.2) is 11.7 Å². The van der Waals surface area contributed by atoms with E-state index in [9.17, 15) is 10.1 Å². The largest absolute Gasteiger partial charge is 0.444 e.